The average Bonchev–Trinajstić information content (AvgIpc) is 2.21. The summed E-state index contributed by atoms with van der Waals surface area (Å²) >= 11 is 0. The highest BCUT2D eigenvalue weighted by molar-refractivity contribution is 5.38. The van der Waals surface area contributed by atoms with Gasteiger partial charge in [0.1, 0.15) is 5.75 Å². The minimum Gasteiger partial charge on any atom is -0.494 e. The van der Waals surface area contributed by atoms with Crippen molar-refractivity contribution in [2.24, 2.45) is 5.73 Å². The minimum absolute atomic E-state index is 0.0639. The topological polar surface area (TPSA) is 35.2 Å². The molecule has 0 spiro atoms. The largest absolute Gasteiger partial charge is 0.494 e. The zero-order valence-electron chi connectivity index (χ0n) is 8.89. The van der Waals surface area contributed by atoms with Crippen LogP contribution in [0.25, 0.3) is 0 Å². The predicted molar refractivity (Wildman–Crippen MR) is 55.3 cm³/mol. The summed E-state index contributed by atoms with van der Waals surface area (Å²) < 4.78 is 31.7. The van der Waals surface area contributed by atoms with E-state index in [1.807, 2.05) is 6.92 Å². The maximum absolute atomic E-state index is 13.2. The molecule has 1 aromatic carbocycles. The van der Waals surface area contributed by atoms with Crippen molar-refractivity contribution in [3.8, 4) is 5.75 Å². The van der Waals surface area contributed by atoms with E-state index in [-0.39, 0.29) is 5.56 Å². The van der Waals surface area contributed by atoms with Crippen LogP contribution in [-0.2, 0) is 5.92 Å². The Bertz CT molecular complexity index is 339. The van der Waals surface area contributed by atoms with Crippen LogP contribution in [0.4, 0.5) is 8.78 Å². The third-order valence-corrected chi connectivity index (χ3v) is 2.15. The molecule has 1 aromatic rings. The van der Waals surface area contributed by atoms with Gasteiger partial charge in [-0.05, 0) is 37.6 Å². The third kappa shape index (κ3) is 2.65. The number of alkyl halides is 2. The molecule has 0 heterocycles. The van der Waals surface area contributed by atoms with Gasteiger partial charge in [0.25, 0.3) is 5.92 Å². The second kappa shape index (κ2) is 4.57. The first kappa shape index (κ1) is 11.9. The van der Waals surface area contributed by atoms with E-state index < -0.39 is 12.5 Å². The highest BCUT2D eigenvalue weighted by Crippen LogP contribution is 2.30. The van der Waals surface area contributed by atoms with Gasteiger partial charge in [0.05, 0.1) is 13.2 Å². The molecule has 0 bridgehead atoms. The van der Waals surface area contributed by atoms with E-state index in [0.717, 1.165) is 0 Å². The predicted octanol–water partition coefficient (Wildman–Crippen LogP) is 2.44. The second-order valence-electron chi connectivity index (χ2n) is 3.32. The molecule has 2 N–H and O–H groups in total. The number of hydrogen-bond donors (Lipinski definition) is 1. The fourth-order valence-corrected chi connectivity index (χ4v) is 1.31. The second-order valence-corrected chi connectivity index (χ2v) is 3.32. The molecule has 0 amide bonds. The first-order chi connectivity index (χ1) is 7.01. The Kier molecular flexibility index (Phi) is 3.63. The van der Waals surface area contributed by atoms with Gasteiger partial charge in [-0.15, -0.1) is 0 Å². The molecule has 0 aliphatic heterocycles. The Morgan fingerprint density at radius 3 is 2.53 bits per heavy atom. The van der Waals surface area contributed by atoms with Crippen LogP contribution in [0.5, 0.6) is 5.75 Å². The molecule has 0 unspecified atom stereocenters. The molecule has 0 aliphatic carbocycles. The van der Waals surface area contributed by atoms with E-state index in [1.54, 1.807) is 13.0 Å². The molecule has 0 aromatic heterocycles. The van der Waals surface area contributed by atoms with Gasteiger partial charge < -0.3 is 10.5 Å². The minimum atomic E-state index is -2.96. The van der Waals surface area contributed by atoms with E-state index in [2.05, 4.69) is 0 Å². The molecule has 2 nitrogen and oxygen atoms in total. The standard InChI is InChI=1S/C11H15F2NO/c1-3-15-10-5-4-9(6-8(10)2)11(12,13)7-14/h4-6H,3,7,14H2,1-2H3. The third-order valence-electron chi connectivity index (χ3n) is 2.15. The van der Waals surface area contributed by atoms with Gasteiger partial charge in [0.2, 0.25) is 0 Å². The van der Waals surface area contributed by atoms with Gasteiger partial charge in [-0.25, -0.2) is 0 Å². The fourth-order valence-electron chi connectivity index (χ4n) is 1.31. The van der Waals surface area contributed by atoms with Crippen LogP contribution < -0.4 is 10.5 Å². The molecule has 1 rings (SSSR count). The lowest BCUT2D eigenvalue weighted by atomic mass is 10.1. The lowest BCUT2D eigenvalue weighted by Gasteiger charge is -2.16. The van der Waals surface area contributed by atoms with Crippen LogP contribution in [0.1, 0.15) is 18.1 Å². The number of hydrogen-bond acceptors (Lipinski definition) is 2. The molecule has 0 radical (unpaired) electrons. The van der Waals surface area contributed by atoms with Crippen molar-refractivity contribution >= 4 is 0 Å². The van der Waals surface area contributed by atoms with E-state index in [1.165, 1.54) is 12.1 Å². The van der Waals surface area contributed by atoms with Crippen molar-refractivity contribution in [3.63, 3.8) is 0 Å². The van der Waals surface area contributed by atoms with Crippen molar-refractivity contribution in [2.75, 3.05) is 13.2 Å². The normalized spacial score (nSPS) is 11.5. The maximum atomic E-state index is 13.2. The molecule has 4 heteroatoms. The van der Waals surface area contributed by atoms with Crippen LogP contribution in [0.3, 0.4) is 0 Å². The molecule has 15 heavy (non-hydrogen) atoms. The number of halogens is 2. The van der Waals surface area contributed by atoms with E-state index in [0.29, 0.717) is 17.9 Å². The van der Waals surface area contributed by atoms with Crippen molar-refractivity contribution in [2.45, 2.75) is 19.8 Å². The Labute approximate surface area is 88.0 Å². The monoisotopic (exact) mass is 215 g/mol. The van der Waals surface area contributed by atoms with Gasteiger partial charge in [-0.1, -0.05) is 0 Å². The molecule has 0 aliphatic rings. The number of benzene rings is 1. The number of ether oxygens (including phenoxy) is 1. The number of rotatable bonds is 4. The Morgan fingerprint density at radius 2 is 2.07 bits per heavy atom. The molecular formula is C11H15F2NO. The molecule has 0 fully saturated rings. The lowest BCUT2D eigenvalue weighted by Crippen LogP contribution is -2.25. The van der Waals surface area contributed by atoms with E-state index in [4.69, 9.17) is 10.5 Å². The molecule has 84 valence electrons. The van der Waals surface area contributed by atoms with Crippen molar-refractivity contribution in [1.82, 2.24) is 0 Å². The highest BCUT2D eigenvalue weighted by Gasteiger charge is 2.29. The van der Waals surface area contributed by atoms with E-state index >= 15 is 0 Å². The van der Waals surface area contributed by atoms with Crippen molar-refractivity contribution in [1.29, 1.82) is 0 Å². The summed E-state index contributed by atoms with van der Waals surface area (Å²) in [5, 5.41) is 0. The molecule has 0 saturated heterocycles. The van der Waals surface area contributed by atoms with Crippen molar-refractivity contribution < 1.29 is 13.5 Å². The van der Waals surface area contributed by atoms with Gasteiger partial charge >= 0.3 is 0 Å². The summed E-state index contributed by atoms with van der Waals surface area (Å²) in [4.78, 5) is 0. The van der Waals surface area contributed by atoms with Crippen LogP contribution >= 0.6 is 0 Å². The SMILES string of the molecule is CCOc1ccc(C(F)(F)CN)cc1C. The van der Waals surface area contributed by atoms with Gasteiger partial charge in [-0.3, -0.25) is 0 Å². The first-order valence-electron chi connectivity index (χ1n) is 4.83. The summed E-state index contributed by atoms with van der Waals surface area (Å²) in [5.74, 6) is -2.33. The fraction of sp³-hybridized carbons (Fsp3) is 0.455. The Hall–Kier alpha value is -1.16. The summed E-state index contributed by atoms with van der Waals surface area (Å²) in [5.41, 5.74) is 5.64. The zero-order chi connectivity index (χ0) is 11.5. The number of aryl methyl sites for hydroxylation is 1. The van der Waals surface area contributed by atoms with Gasteiger partial charge in [0, 0.05) is 5.56 Å². The summed E-state index contributed by atoms with van der Waals surface area (Å²) in [7, 11) is 0. The Morgan fingerprint density at radius 1 is 1.40 bits per heavy atom. The van der Waals surface area contributed by atoms with Gasteiger partial charge in [0.15, 0.2) is 0 Å². The smallest absolute Gasteiger partial charge is 0.285 e. The lowest BCUT2D eigenvalue weighted by molar-refractivity contribution is 0.00585. The van der Waals surface area contributed by atoms with Gasteiger partial charge in [-0.2, -0.15) is 8.78 Å². The molecule has 0 atom stereocenters. The Balaban J connectivity index is 3.01. The van der Waals surface area contributed by atoms with Crippen LogP contribution in [0.15, 0.2) is 18.2 Å². The van der Waals surface area contributed by atoms with Crippen LogP contribution in [0.2, 0.25) is 0 Å². The number of nitrogens with two attached hydrogens (primary N) is 1. The summed E-state index contributed by atoms with van der Waals surface area (Å²) in [6, 6.07) is 4.32. The first-order valence-corrected chi connectivity index (χ1v) is 4.83. The average molecular weight is 215 g/mol. The quantitative estimate of drug-likeness (QED) is 0.837. The van der Waals surface area contributed by atoms with E-state index in [9.17, 15) is 8.78 Å². The molecular weight excluding hydrogens is 200 g/mol. The highest BCUT2D eigenvalue weighted by atomic mass is 19.3. The summed E-state index contributed by atoms with van der Waals surface area (Å²) in [6.07, 6.45) is 0. The van der Waals surface area contributed by atoms with Crippen LogP contribution in [0, 0.1) is 6.92 Å². The van der Waals surface area contributed by atoms with Crippen LogP contribution in [-0.4, -0.2) is 13.2 Å². The molecule has 0 saturated carbocycles. The van der Waals surface area contributed by atoms with Crippen molar-refractivity contribution in [3.05, 3.63) is 29.3 Å². The summed E-state index contributed by atoms with van der Waals surface area (Å²) in [6.45, 7) is 3.43. The zero-order valence-corrected chi connectivity index (χ0v) is 8.89. The maximum Gasteiger partial charge on any atom is 0.285 e.